The zero-order valence-electron chi connectivity index (χ0n) is 74.6. The summed E-state index contributed by atoms with van der Waals surface area (Å²) >= 11 is 0. The number of aliphatic carboxylic acids is 9. The van der Waals surface area contributed by atoms with E-state index in [0.29, 0.717) is 97.3 Å². The third kappa shape index (κ3) is 82.1. The van der Waals surface area contributed by atoms with Gasteiger partial charge in [0.25, 0.3) is 0 Å². The Bertz CT molecular complexity index is 3690. The number of likely N-dealkylation sites (N-methyl/N-ethyl adjacent to an activating group) is 6. The summed E-state index contributed by atoms with van der Waals surface area (Å²) in [6, 6.07) is 5.91. The molecule has 4 aliphatic heterocycles. The van der Waals surface area contributed by atoms with Gasteiger partial charge in [0, 0.05) is 228 Å². The van der Waals surface area contributed by atoms with Crippen molar-refractivity contribution < 1.29 is 180 Å². The summed E-state index contributed by atoms with van der Waals surface area (Å²) in [5.74, 6) is -9.34. The van der Waals surface area contributed by atoms with Gasteiger partial charge in [0.05, 0.1) is 64.4 Å². The number of carbonyl (C=O) groups excluding carboxylic acids is 12. The fraction of sp³-hybridized carbons (Fsp3) is 0.716. The molecule has 0 amide bonds. The van der Waals surface area contributed by atoms with Crippen LogP contribution in [0.25, 0.3) is 0 Å². The summed E-state index contributed by atoms with van der Waals surface area (Å²) in [5.41, 5.74) is 7.11. The van der Waals surface area contributed by atoms with Crippen LogP contribution in [0.5, 0.6) is 0 Å². The Morgan fingerprint density at radius 2 is 0.496 bits per heavy atom. The van der Waals surface area contributed by atoms with E-state index in [1.807, 2.05) is 59.7 Å². The van der Waals surface area contributed by atoms with Crippen molar-refractivity contribution >= 4 is 119 Å². The normalized spacial score (nSPS) is 18.7. The highest BCUT2D eigenvalue weighted by atomic mass is 31.2. The van der Waals surface area contributed by atoms with Crippen molar-refractivity contribution in [3.8, 4) is 0 Å². The molecular formula is C74H130N17O37P3. The molecule has 748 valence electrons. The lowest BCUT2D eigenvalue weighted by Gasteiger charge is -2.35. The molecule has 0 aromatic heterocycles. The Kier molecular flexibility index (Phi) is 77.3. The van der Waals surface area contributed by atoms with Gasteiger partial charge in [-0.25, -0.2) is 0 Å². The first-order chi connectivity index (χ1) is 61.3. The number of hydrogen-bond donors (Lipinski definition) is 14. The number of benzene rings is 1. The van der Waals surface area contributed by atoms with E-state index >= 15 is 0 Å². The molecule has 4 fully saturated rings. The molecule has 5 rings (SSSR count). The minimum Gasteiger partial charge on any atom is -0.481 e. The predicted molar refractivity (Wildman–Crippen MR) is 452 cm³/mol. The smallest absolute Gasteiger partial charge is 0.373 e. The van der Waals surface area contributed by atoms with Gasteiger partial charge in [-0.1, -0.05) is 12.1 Å². The molecule has 0 aliphatic carbocycles. The monoisotopic (exact) mass is 1940 g/mol. The van der Waals surface area contributed by atoms with E-state index in [-0.39, 0.29) is 179 Å². The van der Waals surface area contributed by atoms with E-state index in [4.69, 9.17) is 88.8 Å². The van der Waals surface area contributed by atoms with Gasteiger partial charge in [-0.3, -0.25) is 106 Å². The molecule has 4 aliphatic rings. The van der Waals surface area contributed by atoms with Crippen molar-refractivity contribution in [1.82, 2.24) is 78.4 Å². The molecule has 4 heterocycles. The van der Waals surface area contributed by atoms with E-state index in [1.54, 1.807) is 43.9 Å². The molecular weight excluding hydrogens is 1810 g/mol. The maximum Gasteiger partial charge on any atom is 0.373 e. The van der Waals surface area contributed by atoms with Gasteiger partial charge in [0.15, 0.2) is 0 Å². The van der Waals surface area contributed by atoms with Crippen LogP contribution in [0.1, 0.15) is 24.8 Å². The minimum absolute atomic E-state index is 0.0240. The van der Waals surface area contributed by atoms with Crippen LogP contribution in [0.3, 0.4) is 0 Å². The van der Waals surface area contributed by atoms with Gasteiger partial charge in [-0.2, -0.15) is 57.5 Å². The molecule has 1 aromatic carbocycles. The van der Waals surface area contributed by atoms with Crippen LogP contribution in [0, 0.1) is 0 Å². The second kappa shape index (κ2) is 78.0. The molecule has 0 spiro atoms. The molecule has 15 N–H and O–H groups in total. The van der Waals surface area contributed by atoms with E-state index in [1.165, 1.54) is 4.90 Å². The molecule has 0 radical (unpaired) electrons. The number of rotatable bonds is 28. The fourth-order valence-electron chi connectivity index (χ4n) is 12.4. The summed E-state index contributed by atoms with van der Waals surface area (Å²) < 4.78 is 36.6. The van der Waals surface area contributed by atoms with Gasteiger partial charge in [0.2, 0.25) is 14.7 Å². The zero-order chi connectivity index (χ0) is 101. The number of carbonyl (C=O) groups is 9. The SMILES string of the molecule is CN1CCN(C)CCN(CP(=O)(O)CCC(=O)O)CCN(CC(=O)O)CC1.CN1CCN(C)CCN(CP(=O)(O)Cc2ccc(N)cc2)CCN(CC(=O)O)CC1.CN1CCN(C)CCN(CP(=O)(O)O)CCN(CC(=O)O)CC1.O=C(O)CCC(C(=O)O)N1CCN(CC(=O)O)CCN(CC(=O)O)CCN(CC(=O)O)CC1.O=C=O.O=C=O.O=C=O.O=C=O.O=C=O.O=C=O. The van der Waals surface area contributed by atoms with E-state index < -0.39 is 82.1 Å². The number of hydrogen-bond acceptors (Lipinski definition) is 41. The Balaban J connectivity index is -0.000000508. The van der Waals surface area contributed by atoms with Gasteiger partial charge >= 0.3 is 98.2 Å². The topological polar surface area (TPSA) is 751 Å². The third-order valence-corrected chi connectivity index (χ3v) is 23.5. The van der Waals surface area contributed by atoms with Gasteiger partial charge in [-0.05, 0) is 66.4 Å². The molecule has 54 nitrogen and oxygen atoms in total. The highest BCUT2D eigenvalue weighted by Gasteiger charge is 2.31. The minimum atomic E-state index is -4.12. The van der Waals surface area contributed by atoms with Gasteiger partial charge in [0.1, 0.15) is 12.3 Å². The number of nitrogen functional groups attached to an aromatic ring is 1. The maximum absolute atomic E-state index is 12.9. The molecule has 57 heteroatoms. The summed E-state index contributed by atoms with van der Waals surface area (Å²) in [5, 5.41) is 82.3. The fourth-order valence-corrected chi connectivity index (χ4v) is 16.6. The number of nitrogens with zero attached hydrogens (tertiary/aromatic N) is 16. The van der Waals surface area contributed by atoms with Crippen LogP contribution in [0.2, 0.25) is 0 Å². The van der Waals surface area contributed by atoms with Crippen molar-refractivity contribution in [2.24, 2.45) is 0 Å². The van der Waals surface area contributed by atoms with Crippen LogP contribution in [0.15, 0.2) is 24.3 Å². The summed E-state index contributed by atoms with van der Waals surface area (Å²) in [4.78, 5) is 268. The first-order valence-corrected chi connectivity index (χ1v) is 46.0. The van der Waals surface area contributed by atoms with Crippen LogP contribution in [-0.2, 0) is 121 Å². The number of nitrogens with two attached hydrogens (primary N) is 1. The van der Waals surface area contributed by atoms with Crippen LogP contribution in [0.4, 0.5) is 5.69 Å². The summed E-state index contributed by atoms with van der Waals surface area (Å²) in [6.45, 7) is 16.7. The number of carboxylic acid groups (broad SMARTS) is 9. The van der Waals surface area contributed by atoms with Crippen LogP contribution >= 0.6 is 22.3 Å². The molecule has 1 aromatic rings. The third-order valence-electron chi connectivity index (χ3n) is 19.3. The number of carboxylic acids is 9. The van der Waals surface area contributed by atoms with E-state index in [9.17, 15) is 96.8 Å². The maximum atomic E-state index is 12.9. The van der Waals surface area contributed by atoms with Crippen molar-refractivity contribution in [2.75, 3.05) is 322 Å². The Hall–Kier alpha value is -9.58. The van der Waals surface area contributed by atoms with E-state index in [0.717, 1.165) is 71.0 Å². The average Bonchev–Trinajstić information content (AvgIpc) is 0.867. The largest absolute Gasteiger partial charge is 0.481 e. The molecule has 4 saturated heterocycles. The lowest BCUT2D eigenvalue weighted by molar-refractivity contribution is -0.193. The standard InChI is InChI=1S/C20H36N5O4P.C19H32N4O10.C16H33N4O6P.C13H29N4O5P.6CO2/c1-22-7-8-23(2)10-12-25(14-13-24(11-9-22)15-20(26)27)17-30(28,29)16-18-3-5-19(21)6-4-18;24-15(25)2-1-14(19(32)33)23-9-7-21(12-17(28)29)5-3-20(11-16(26)27)4-6-22(8-10-23)13-18(30)31;1-17-4-5-18(2)7-9-20(14-27(25,26)12-3-15(21)22)11-10-19(8-6-17)13-16(23)24;1-14-3-4-15(2)6-8-17(12-23(20,21)22)10-9-16(7-5-14)11-13(18)19;6*2-1-3/h3-6H,7-17,21H2,1-2H3,(H,26,27)(H,28,29);14H,1-13H2,(H,24,25)(H,26,27)(H,28,29)(H,30,31)(H,32,33);3-14H2,1-2H3,(H,21,22)(H,23,24)(H,25,26);3-12H2,1-2H3,(H,18,19)(H2,20,21,22);;;;;;. The highest BCUT2D eigenvalue weighted by Crippen LogP contribution is 2.45. The first kappa shape index (κ1) is 130. The molecule has 3 atom stereocenters. The molecule has 0 bridgehead atoms. The average molecular weight is 1940 g/mol. The van der Waals surface area contributed by atoms with Gasteiger partial charge in [-0.15, -0.1) is 0 Å². The van der Waals surface area contributed by atoms with Crippen LogP contribution < -0.4 is 5.73 Å². The lowest BCUT2D eigenvalue weighted by atomic mass is 10.1. The summed E-state index contributed by atoms with van der Waals surface area (Å²) in [6.07, 6.45) is 0.216. The second-order valence-corrected chi connectivity index (χ2v) is 36.4. The van der Waals surface area contributed by atoms with Crippen molar-refractivity contribution in [2.45, 2.75) is 31.5 Å². The zero-order valence-corrected chi connectivity index (χ0v) is 77.3. The van der Waals surface area contributed by atoms with Crippen LogP contribution in [-0.4, -0.2) is 557 Å². The Morgan fingerprint density at radius 1 is 0.298 bits per heavy atom. The molecule has 131 heavy (non-hydrogen) atoms. The summed E-state index contributed by atoms with van der Waals surface area (Å²) in [7, 11) is 0.974. The molecule has 0 saturated carbocycles. The second-order valence-electron chi connectivity index (χ2n) is 30.1. The van der Waals surface area contributed by atoms with Gasteiger partial charge < -0.3 is 101 Å². The Morgan fingerprint density at radius 3 is 0.718 bits per heavy atom. The first-order valence-electron chi connectivity index (χ1n) is 40.1. The van der Waals surface area contributed by atoms with Crippen molar-refractivity contribution in [3.63, 3.8) is 0 Å². The quantitative estimate of drug-likeness (QED) is 0.0274. The lowest BCUT2D eigenvalue weighted by Crippen LogP contribution is -2.51. The van der Waals surface area contributed by atoms with Crippen molar-refractivity contribution in [3.05, 3.63) is 29.8 Å². The number of anilines is 1. The Labute approximate surface area is 757 Å². The highest BCUT2D eigenvalue weighted by molar-refractivity contribution is 7.58. The van der Waals surface area contributed by atoms with E-state index in [2.05, 4.69) is 36.4 Å². The predicted octanol–water partition coefficient (Wildman–Crippen LogP) is -7.22. The molecule has 3 unspecified atom stereocenters. The van der Waals surface area contributed by atoms with Crippen molar-refractivity contribution in [1.29, 1.82) is 0 Å².